The summed E-state index contributed by atoms with van der Waals surface area (Å²) in [7, 11) is 0. The number of benzene rings is 2. The van der Waals surface area contributed by atoms with Crippen LogP contribution in [0.1, 0.15) is 0 Å². The molecule has 4 aromatic rings. The minimum Gasteiger partial charge on any atom is -0.484 e. The van der Waals surface area contributed by atoms with E-state index in [1.54, 1.807) is 47.6 Å². The molecule has 0 saturated carbocycles. The molecule has 1 saturated heterocycles. The van der Waals surface area contributed by atoms with Crippen molar-refractivity contribution in [2.75, 3.05) is 38.2 Å². The van der Waals surface area contributed by atoms with Gasteiger partial charge in [0.15, 0.2) is 12.4 Å². The lowest BCUT2D eigenvalue weighted by Crippen LogP contribution is -2.42. The second kappa shape index (κ2) is 10.2. The maximum absolute atomic E-state index is 13.7. The third-order valence-electron chi connectivity index (χ3n) is 5.50. The fourth-order valence-electron chi connectivity index (χ4n) is 3.68. The second-order valence-corrected chi connectivity index (χ2v) is 8.26. The summed E-state index contributed by atoms with van der Waals surface area (Å²) in [6.45, 7) is 2.08. The van der Waals surface area contributed by atoms with Gasteiger partial charge in [0.05, 0.1) is 23.8 Å². The molecule has 3 heterocycles. The highest BCUT2D eigenvalue weighted by Crippen LogP contribution is 2.31. The summed E-state index contributed by atoms with van der Waals surface area (Å²) in [5.41, 5.74) is 1.95. The highest BCUT2D eigenvalue weighted by Gasteiger charge is 2.18. The van der Waals surface area contributed by atoms with Crippen molar-refractivity contribution in [3.8, 4) is 17.1 Å². The molecule has 2 aromatic carbocycles. The molecule has 35 heavy (non-hydrogen) atoms. The average Bonchev–Trinajstić information content (AvgIpc) is 2.90. The number of anilines is 2. The monoisotopic (exact) mass is 493 g/mol. The smallest absolute Gasteiger partial charge is 0.260 e. The topological polar surface area (TPSA) is 89.5 Å². The molecule has 2 aromatic heterocycles. The summed E-state index contributed by atoms with van der Waals surface area (Å²) in [5.74, 6) is 0.827. The Kier molecular flexibility index (Phi) is 6.69. The molecule has 0 radical (unpaired) electrons. The van der Waals surface area contributed by atoms with Crippen molar-refractivity contribution in [2.24, 2.45) is 0 Å². The summed E-state index contributed by atoms with van der Waals surface area (Å²) in [5, 5.41) is 3.86. The zero-order chi connectivity index (χ0) is 24.2. The van der Waals surface area contributed by atoms with Crippen LogP contribution in [0.25, 0.3) is 22.3 Å². The Morgan fingerprint density at radius 1 is 1.14 bits per heavy atom. The van der Waals surface area contributed by atoms with Gasteiger partial charge in [-0.2, -0.15) is 0 Å². The molecule has 1 aliphatic heterocycles. The molecule has 0 bridgehead atoms. The summed E-state index contributed by atoms with van der Waals surface area (Å²) in [4.78, 5) is 27.7. The third kappa shape index (κ3) is 5.31. The number of nitrogens with one attached hydrogen (secondary N) is 1. The van der Waals surface area contributed by atoms with E-state index in [-0.39, 0.29) is 17.5 Å². The number of pyridine rings is 1. The second-order valence-electron chi connectivity index (χ2n) is 7.85. The zero-order valence-corrected chi connectivity index (χ0v) is 19.3. The van der Waals surface area contributed by atoms with E-state index in [1.165, 1.54) is 12.1 Å². The number of carbonyl (C=O) groups excluding carboxylic acids is 1. The first kappa shape index (κ1) is 22.9. The van der Waals surface area contributed by atoms with Gasteiger partial charge in [0, 0.05) is 42.1 Å². The molecule has 5 rings (SSSR count). The highest BCUT2D eigenvalue weighted by atomic mass is 35.5. The van der Waals surface area contributed by atoms with Crippen molar-refractivity contribution in [1.29, 1.82) is 0 Å². The van der Waals surface area contributed by atoms with Gasteiger partial charge < -0.3 is 19.7 Å². The van der Waals surface area contributed by atoms with Crippen molar-refractivity contribution in [3.63, 3.8) is 0 Å². The molecule has 178 valence electrons. The number of amides is 1. The van der Waals surface area contributed by atoms with E-state index in [0.717, 1.165) is 5.56 Å². The molecule has 10 heteroatoms. The molecule has 8 nitrogen and oxygen atoms in total. The van der Waals surface area contributed by atoms with E-state index in [1.807, 2.05) is 6.07 Å². The molecule has 1 N–H and O–H groups in total. The normalized spacial score (nSPS) is 13.6. The van der Waals surface area contributed by atoms with E-state index in [9.17, 15) is 9.18 Å². The van der Waals surface area contributed by atoms with E-state index in [4.69, 9.17) is 21.1 Å². The number of rotatable bonds is 6. The van der Waals surface area contributed by atoms with Crippen LogP contribution in [0.15, 0.2) is 60.9 Å². The molecule has 0 unspecified atom stereocenters. The first-order valence-corrected chi connectivity index (χ1v) is 11.4. The molecule has 0 aliphatic carbocycles. The molecule has 0 atom stereocenters. The minimum atomic E-state index is -0.513. The highest BCUT2D eigenvalue weighted by molar-refractivity contribution is 6.31. The maximum atomic E-state index is 13.7. The number of hydrogen-bond acceptors (Lipinski definition) is 7. The van der Waals surface area contributed by atoms with Crippen LogP contribution >= 0.6 is 11.6 Å². The predicted molar refractivity (Wildman–Crippen MR) is 130 cm³/mol. The first-order chi connectivity index (χ1) is 17.1. The van der Waals surface area contributed by atoms with Crippen LogP contribution in [0, 0.1) is 5.82 Å². The molecular formula is C25H21ClFN5O3. The third-order valence-corrected chi connectivity index (χ3v) is 5.79. The standard InChI is InChI=1S/C25H21ClFN5O3/c26-20-12-17(3-5-21(20)27)29-25-19-13-18(35-15-23(33)32-8-10-34-11-9-32)4-6-22(19)30-24(31-25)16-2-1-7-28-14-16/h1-7,12-14H,8-11,15H2,(H,29,30,31). The fourth-order valence-corrected chi connectivity index (χ4v) is 3.86. The summed E-state index contributed by atoms with van der Waals surface area (Å²) in [6.07, 6.45) is 3.35. The van der Waals surface area contributed by atoms with Gasteiger partial charge in [-0.3, -0.25) is 9.78 Å². The van der Waals surface area contributed by atoms with Crippen LogP contribution in [0.2, 0.25) is 5.02 Å². The number of carbonyl (C=O) groups is 1. The molecule has 0 spiro atoms. The van der Waals surface area contributed by atoms with Gasteiger partial charge in [0.2, 0.25) is 0 Å². The largest absolute Gasteiger partial charge is 0.484 e. The van der Waals surface area contributed by atoms with Crippen LogP contribution in [0.3, 0.4) is 0 Å². The van der Waals surface area contributed by atoms with Gasteiger partial charge in [0.25, 0.3) is 5.91 Å². The van der Waals surface area contributed by atoms with Crippen molar-refractivity contribution >= 4 is 39.9 Å². The van der Waals surface area contributed by atoms with E-state index >= 15 is 0 Å². The average molecular weight is 494 g/mol. The van der Waals surface area contributed by atoms with Crippen LogP contribution in [-0.2, 0) is 9.53 Å². The molecule has 1 fully saturated rings. The van der Waals surface area contributed by atoms with Crippen molar-refractivity contribution in [2.45, 2.75) is 0 Å². The Morgan fingerprint density at radius 3 is 2.77 bits per heavy atom. The number of nitrogens with zero attached hydrogens (tertiary/aromatic N) is 4. The van der Waals surface area contributed by atoms with Crippen molar-refractivity contribution < 1.29 is 18.7 Å². The van der Waals surface area contributed by atoms with E-state index in [0.29, 0.717) is 60.3 Å². The van der Waals surface area contributed by atoms with Gasteiger partial charge in [-0.15, -0.1) is 0 Å². The number of aromatic nitrogens is 3. The van der Waals surface area contributed by atoms with Gasteiger partial charge in [-0.05, 0) is 48.5 Å². The van der Waals surface area contributed by atoms with Crippen molar-refractivity contribution in [1.82, 2.24) is 19.9 Å². The summed E-state index contributed by atoms with van der Waals surface area (Å²) < 4.78 is 24.7. The first-order valence-electron chi connectivity index (χ1n) is 11.0. The van der Waals surface area contributed by atoms with Crippen LogP contribution in [0.4, 0.5) is 15.9 Å². The Bertz CT molecular complexity index is 1370. The minimum absolute atomic E-state index is 0.00788. The number of fused-ring (bicyclic) bond motifs is 1. The summed E-state index contributed by atoms with van der Waals surface area (Å²) >= 11 is 5.97. The quantitative estimate of drug-likeness (QED) is 0.424. The lowest BCUT2D eigenvalue weighted by atomic mass is 10.2. The SMILES string of the molecule is O=C(COc1ccc2nc(-c3cccnc3)nc(Nc3ccc(F)c(Cl)c3)c2c1)N1CCOCC1. The van der Waals surface area contributed by atoms with Gasteiger partial charge in [-0.25, -0.2) is 14.4 Å². The van der Waals surface area contributed by atoms with Crippen LogP contribution in [-0.4, -0.2) is 58.7 Å². The zero-order valence-electron chi connectivity index (χ0n) is 18.6. The molecule has 1 aliphatic rings. The van der Waals surface area contributed by atoms with E-state index in [2.05, 4.69) is 20.3 Å². The lowest BCUT2D eigenvalue weighted by Gasteiger charge is -2.26. The number of halogens is 2. The molecule has 1 amide bonds. The Morgan fingerprint density at radius 2 is 2.00 bits per heavy atom. The van der Waals surface area contributed by atoms with Gasteiger partial charge in [0.1, 0.15) is 17.4 Å². The lowest BCUT2D eigenvalue weighted by molar-refractivity contribution is -0.137. The van der Waals surface area contributed by atoms with Crippen molar-refractivity contribution in [3.05, 3.63) is 71.8 Å². The Hall–Kier alpha value is -3.82. The number of hydrogen-bond donors (Lipinski definition) is 1. The fraction of sp³-hybridized carbons (Fsp3) is 0.200. The predicted octanol–water partition coefficient (Wildman–Crippen LogP) is 4.47. The maximum Gasteiger partial charge on any atom is 0.260 e. The van der Waals surface area contributed by atoms with Crippen LogP contribution < -0.4 is 10.1 Å². The van der Waals surface area contributed by atoms with Gasteiger partial charge >= 0.3 is 0 Å². The Labute approximate surface area is 205 Å². The Balaban J connectivity index is 1.47. The summed E-state index contributed by atoms with van der Waals surface area (Å²) in [6, 6.07) is 13.3. The van der Waals surface area contributed by atoms with Gasteiger partial charge in [-0.1, -0.05) is 11.6 Å². The van der Waals surface area contributed by atoms with E-state index < -0.39 is 5.82 Å². The number of ether oxygens (including phenoxy) is 2. The number of morpholine rings is 1. The van der Waals surface area contributed by atoms with Crippen LogP contribution in [0.5, 0.6) is 5.75 Å². The molecular weight excluding hydrogens is 473 g/mol.